The number of fused-ring (bicyclic) bond motifs is 1. The van der Waals surface area contributed by atoms with Crippen molar-refractivity contribution in [3.63, 3.8) is 0 Å². The second kappa shape index (κ2) is 5.79. The molecule has 0 atom stereocenters. The van der Waals surface area contributed by atoms with Gasteiger partial charge in [-0.3, -0.25) is 0 Å². The van der Waals surface area contributed by atoms with E-state index in [0.717, 1.165) is 27.5 Å². The predicted molar refractivity (Wildman–Crippen MR) is 74.8 cm³/mol. The molecule has 19 heavy (non-hydrogen) atoms. The molecule has 0 aliphatic heterocycles. The molecule has 0 saturated carbocycles. The average Bonchev–Trinajstić information content (AvgIpc) is 2.77. The number of imidazole rings is 1. The first-order valence-corrected chi connectivity index (χ1v) is 6.63. The monoisotopic (exact) mass is 278 g/mol. The SMILES string of the molecule is COc1ccc2nc(SCC(C)=CC(=O)O)[nH]c2c1. The summed E-state index contributed by atoms with van der Waals surface area (Å²) >= 11 is 1.47. The average molecular weight is 278 g/mol. The number of nitrogens with one attached hydrogen (secondary N) is 1. The Morgan fingerprint density at radius 1 is 1.58 bits per heavy atom. The molecule has 5 nitrogen and oxygen atoms in total. The van der Waals surface area contributed by atoms with E-state index in [1.54, 1.807) is 14.0 Å². The van der Waals surface area contributed by atoms with Crippen LogP contribution in [-0.4, -0.2) is 33.9 Å². The van der Waals surface area contributed by atoms with Crippen molar-refractivity contribution < 1.29 is 14.6 Å². The van der Waals surface area contributed by atoms with Crippen molar-refractivity contribution in [2.24, 2.45) is 0 Å². The molecule has 0 amide bonds. The predicted octanol–water partition coefficient (Wildman–Crippen LogP) is 2.69. The van der Waals surface area contributed by atoms with Crippen molar-refractivity contribution in [2.75, 3.05) is 12.9 Å². The van der Waals surface area contributed by atoms with Gasteiger partial charge in [0.15, 0.2) is 5.16 Å². The highest BCUT2D eigenvalue weighted by molar-refractivity contribution is 7.99. The number of rotatable bonds is 5. The van der Waals surface area contributed by atoms with E-state index in [9.17, 15) is 4.79 Å². The van der Waals surface area contributed by atoms with Crippen LogP contribution in [0.3, 0.4) is 0 Å². The van der Waals surface area contributed by atoms with Crippen molar-refractivity contribution in [3.05, 3.63) is 29.8 Å². The number of hydrogen-bond acceptors (Lipinski definition) is 4. The molecule has 0 radical (unpaired) electrons. The third-order valence-electron chi connectivity index (χ3n) is 2.47. The lowest BCUT2D eigenvalue weighted by Gasteiger charge is -1.97. The number of benzene rings is 1. The third kappa shape index (κ3) is 3.51. The van der Waals surface area contributed by atoms with Crippen LogP contribution in [0.25, 0.3) is 11.0 Å². The molecule has 0 bridgehead atoms. The zero-order chi connectivity index (χ0) is 13.8. The van der Waals surface area contributed by atoms with Gasteiger partial charge in [-0.25, -0.2) is 9.78 Å². The number of methoxy groups -OCH3 is 1. The summed E-state index contributed by atoms with van der Waals surface area (Å²) in [5.41, 5.74) is 2.56. The van der Waals surface area contributed by atoms with E-state index in [-0.39, 0.29) is 0 Å². The Labute approximate surface area is 114 Å². The van der Waals surface area contributed by atoms with Crippen LogP contribution in [0.15, 0.2) is 35.0 Å². The van der Waals surface area contributed by atoms with Gasteiger partial charge in [-0.2, -0.15) is 0 Å². The summed E-state index contributed by atoms with van der Waals surface area (Å²) in [7, 11) is 1.62. The normalized spacial score (nSPS) is 11.8. The minimum Gasteiger partial charge on any atom is -0.497 e. The van der Waals surface area contributed by atoms with E-state index in [1.165, 1.54) is 17.8 Å². The molecule has 0 unspecified atom stereocenters. The lowest BCUT2D eigenvalue weighted by Crippen LogP contribution is -1.92. The van der Waals surface area contributed by atoms with Crippen molar-refractivity contribution in [2.45, 2.75) is 12.1 Å². The maximum absolute atomic E-state index is 10.5. The number of thioether (sulfide) groups is 1. The maximum Gasteiger partial charge on any atom is 0.328 e. The Morgan fingerprint density at radius 3 is 3.05 bits per heavy atom. The van der Waals surface area contributed by atoms with Gasteiger partial charge in [-0.05, 0) is 19.1 Å². The number of ether oxygens (including phenoxy) is 1. The van der Waals surface area contributed by atoms with Crippen molar-refractivity contribution in [1.29, 1.82) is 0 Å². The quantitative estimate of drug-likeness (QED) is 0.649. The number of aliphatic carboxylic acids is 1. The molecular weight excluding hydrogens is 264 g/mol. The molecule has 0 fully saturated rings. The van der Waals surface area contributed by atoms with Gasteiger partial charge in [0.05, 0.1) is 18.1 Å². The van der Waals surface area contributed by atoms with Crippen molar-refractivity contribution in [3.8, 4) is 5.75 Å². The lowest BCUT2D eigenvalue weighted by atomic mass is 10.3. The number of nitrogens with zero attached hydrogens (tertiary/aromatic N) is 1. The van der Waals surface area contributed by atoms with Crippen LogP contribution < -0.4 is 4.74 Å². The number of carbonyl (C=O) groups is 1. The van der Waals surface area contributed by atoms with E-state index in [4.69, 9.17) is 9.84 Å². The zero-order valence-electron chi connectivity index (χ0n) is 10.6. The summed E-state index contributed by atoms with van der Waals surface area (Å²) in [6.45, 7) is 1.78. The van der Waals surface area contributed by atoms with Gasteiger partial charge in [0.25, 0.3) is 0 Å². The molecule has 6 heteroatoms. The van der Waals surface area contributed by atoms with Crippen LogP contribution in [0.5, 0.6) is 5.75 Å². The van der Waals surface area contributed by atoms with Crippen LogP contribution in [0.1, 0.15) is 6.92 Å². The third-order valence-corrected chi connectivity index (χ3v) is 3.54. The molecule has 0 aliphatic rings. The first kappa shape index (κ1) is 13.5. The summed E-state index contributed by atoms with van der Waals surface area (Å²) in [6.07, 6.45) is 1.21. The molecule has 2 rings (SSSR count). The highest BCUT2D eigenvalue weighted by Crippen LogP contribution is 2.24. The van der Waals surface area contributed by atoms with Crippen LogP contribution in [-0.2, 0) is 4.79 Å². The van der Waals surface area contributed by atoms with Crippen LogP contribution in [0, 0.1) is 0 Å². The molecule has 0 spiro atoms. The molecule has 2 N–H and O–H groups in total. The fourth-order valence-electron chi connectivity index (χ4n) is 1.60. The number of aromatic nitrogens is 2. The molecule has 2 aromatic rings. The van der Waals surface area contributed by atoms with Gasteiger partial charge >= 0.3 is 5.97 Å². The largest absolute Gasteiger partial charge is 0.497 e. The molecule has 0 saturated heterocycles. The number of carboxylic acid groups (broad SMARTS) is 1. The topological polar surface area (TPSA) is 75.2 Å². The summed E-state index contributed by atoms with van der Waals surface area (Å²) < 4.78 is 5.14. The van der Waals surface area contributed by atoms with Gasteiger partial charge < -0.3 is 14.8 Å². The number of hydrogen-bond donors (Lipinski definition) is 2. The Hall–Kier alpha value is -1.95. The number of H-pyrrole nitrogens is 1. The maximum atomic E-state index is 10.5. The van der Waals surface area contributed by atoms with E-state index >= 15 is 0 Å². The van der Waals surface area contributed by atoms with Gasteiger partial charge in [-0.1, -0.05) is 17.3 Å². The van der Waals surface area contributed by atoms with Gasteiger partial charge in [0.1, 0.15) is 5.75 Å². The minimum atomic E-state index is -0.924. The summed E-state index contributed by atoms with van der Waals surface area (Å²) in [4.78, 5) is 18.1. The van der Waals surface area contributed by atoms with E-state index in [1.807, 2.05) is 18.2 Å². The van der Waals surface area contributed by atoms with Gasteiger partial charge in [-0.15, -0.1) is 0 Å². The molecule has 0 aliphatic carbocycles. The highest BCUT2D eigenvalue weighted by Gasteiger charge is 2.05. The Balaban J connectivity index is 2.11. The molecule has 100 valence electrons. The molecule has 1 aromatic heterocycles. The number of aromatic amines is 1. The molecule has 1 aromatic carbocycles. The highest BCUT2D eigenvalue weighted by atomic mass is 32.2. The van der Waals surface area contributed by atoms with E-state index < -0.39 is 5.97 Å². The first-order valence-electron chi connectivity index (χ1n) is 5.65. The summed E-state index contributed by atoms with van der Waals surface area (Å²) in [5, 5.41) is 9.40. The van der Waals surface area contributed by atoms with Crippen LogP contribution >= 0.6 is 11.8 Å². The standard InChI is InChI=1S/C13H14N2O3S/c1-8(5-12(16)17)7-19-13-14-10-4-3-9(18-2)6-11(10)15-13/h3-6H,7H2,1-2H3,(H,14,15)(H,16,17). The number of carboxylic acids is 1. The van der Waals surface area contributed by atoms with Crippen molar-refractivity contribution in [1.82, 2.24) is 9.97 Å². The Morgan fingerprint density at radius 2 is 2.37 bits per heavy atom. The van der Waals surface area contributed by atoms with E-state index in [0.29, 0.717) is 5.75 Å². The lowest BCUT2D eigenvalue weighted by molar-refractivity contribution is -0.131. The van der Waals surface area contributed by atoms with Gasteiger partial charge in [0.2, 0.25) is 0 Å². The summed E-state index contributed by atoms with van der Waals surface area (Å²) in [6, 6.07) is 5.62. The minimum absolute atomic E-state index is 0.587. The smallest absolute Gasteiger partial charge is 0.328 e. The fraction of sp³-hybridized carbons (Fsp3) is 0.231. The van der Waals surface area contributed by atoms with Crippen molar-refractivity contribution >= 4 is 28.8 Å². The first-order chi connectivity index (χ1) is 9.08. The van der Waals surface area contributed by atoms with Gasteiger partial charge in [0, 0.05) is 17.9 Å². The summed E-state index contributed by atoms with van der Waals surface area (Å²) in [5.74, 6) is 0.436. The molecular formula is C13H14N2O3S. The van der Waals surface area contributed by atoms with E-state index in [2.05, 4.69) is 9.97 Å². The van der Waals surface area contributed by atoms with Crippen LogP contribution in [0.2, 0.25) is 0 Å². The molecule has 1 heterocycles. The van der Waals surface area contributed by atoms with Crippen LogP contribution in [0.4, 0.5) is 0 Å². The Kier molecular flexibility index (Phi) is 4.11. The second-order valence-corrected chi connectivity index (χ2v) is 5.01. The second-order valence-electron chi connectivity index (χ2n) is 4.04. The fourth-order valence-corrected chi connectivity index (χ4v) is 2.39. The zero-order valence-corrected chi connectivity index (χ0v) is 11.5. The Bertz CT molecular complexity index is 634.